The molecule has 0 radical (unpaired) electrons. The van der Waals surface area contributed by atoms with Crippen LogP contribution in [-0.4, -0.2) is 12.9 Å². The van der Waals surface area contributed by atoms with Gasteiger partial charge in [-0.3, -0.25) is 4.79 Å². The molecule has 3 heteroatoms. The van der Waals surface area contributed by atoms with Crippen LogP contribution >= 0.6 is 11.6 Å². The molecule has 1 aromatic carbocycles. The molecule has 0 N–H and O–H groups in total. The SMILES string of the molecule is C=CCOc1c(Cl)cc(C(C)(C)C)cc1C=O. The van der Waals surface area contributed by atoms with Gasteiger partial charge >= 0.3 is 0 Å². The Morgan fingerprint density at radius 1 is 1.41 bits per heavy atom. The van der Waals surface area contributed by atoms with Gasteiger partial charge in [0.2, 0.25) is 0 Å². The lowest BCUT2D eigenvalue weighted by molar-refractivity contribution is 0.112. The summed E-state index contributed by atoms with van der Waals surface area (Å²) >= 11 is 6.14. The molecule has 0 aliphatic rings. The quantitative estimate of drug-likeness (QED) is 0.598. The lowest BCUT2D eigenvalue weighted by Crippen LogP contribution is -2.12. The molecule has 1 rings (SSSR count). The average Bonchev–Trinajstić information content (AvgIpc) is 2.25. The minimum atomic E-state index is -0.0572. The van der Waals surface area contributed by atoms with Crippen LogP contribution in [0.25, 0.3) is 0 Å². The number of ether oxygens (including phenoxy) is 1. The molecule has 0 saturated heterocycles. The van der Waals surface area contributed by atoms with E-state index in [1.807, 2.05) is 12.1 Å². The Hall–Kier alpha value is -1.28. The Kier molecular flexibility index (Phi) is 4.35. The smallest absolute Gasteiger partial charge is 0.153 e. The fourth-order valence-corrected chi connectivity index (χ4v) is 1.71. The summed E-state index contributed by atoms with van der Waals surface area (Å²) in [6, 6.07) is 3.66. The predicted molar refractivity (Wildman–Crippen MR) is 71.2 cm³/mol. The molecule has 0 bridgehead atoms. The molecule has 2 nitrogen and oxygen atoms in total. The topological polar surface area (TPSA) is 26.3 Å². The van der Waals surface area contributed by atoms with E-state index in [2.05, 4.69) is 27.4 Å². The van der Waals surface area contributed by atoms with Crippen LogP contribution < -0.4 is 4.74 Å². The van der Waals surface area contributed by atoms with E-state index < -0.39 is 0 Å². The molecular weight excluding hydrogens is 236 g/mol. The van der Waals surface area contributed by atoms with Crippen LogP contribution in [0.15, 0.2) is 24.8 Å². The van der Waals surface area contributed by atoms with E-state index in [0.717, 1.165) is 11.8 Å². The highest BCUT2D eigenvalue weighted by Crippen LogP contribution is 2.34. The first kappa shape index (κ1) is 13.8. The Labute approximate surface area is 107 Å². The maximum atomic E-state index is 11.1. The highest BCUT2D eigenvalue weighted by molar-refractivity contribution is 6.32. The number of carbonyl (C=O) groups excluding carboxylic acids is 1. The number of halogens is 1. The Morgan fingerprint density at radius 3 is 2.53 bits per heavy atom. The number of hydrogen-bond acceptors (Lipinski definition) is 2. The standard InChI is InChI=1S/C14H17ClO2/c1-5-6-17-13-10(9-16)7-11(8-12(13)15)14(2,3)4/h5,7-9H,1,6H2,2-4H3. The Balaban J connectivity index is 3.25. The highest BCUT2D eigenvalue weighted by atomic mass is 35.5. The molecule has 0 fully saturated rings. The maximum absolute atomic E-state index is 11.1. The summed E-state index contributed by atoms with van der Waals surface area (Å²) in [5.41, 5.74) is 1.43. The lowest BCUT2D eigenvalue weighted by atomic mass is 9.86. The van der Waals surface area contributed by atoms with Crippen molar-refractivity contribution in [3.05, 3.63) is 40.9 Å². The van der Waals surface area contributed by atoms with E-state index in [1.165, 1.54) is 0 Å². The van der Waals surface area contributed by atoms with E-state index in [-0.39, 0.29) is 5.41 Å². The number of benzene rings is 1. The van der Waals surface area contributed by atoms with Gasteiger partial charge in [0.05, 0.1) is 10.6 Å². The van der Waals surface area contributed by atoms with Crippen molar-refractivity contribution in [2.75, 3.05) is 6.61 Å². The molecule has 92 valence electrons. The third-order valence-corrected chi connectivity index (χ3v) is 2.69. The number of rotatable bonds is 4. The summed E-state index contributed by atoms with van der Waals surface area (Å²) in [4.78, 5) is 11.1. The van der Waals surface area contributed by atoms with Crippen LogP contribution in [0.3, 0.4) is 0 Å². The molecule has 0 aromatic heterocycles. The summed E-state index contributed by atoms with van der Waals surface area (Å²) in [5, 5.41) is 0.460. The van der Waals surface area contributed by atoms with Gasteiger partial charge in [-0.1, -0.05) is 45.0 Å². The summed E-state index contributed by atoms with van der Waals surface area (Å²) < 4.78 is 5.39. The second kappa shape index (κ2) is 5.37. The van der Waals surface area contributed by atoms with E-state index in [9.17, 15) is 4.79 Å². The van der Waals surface area contributed by atoms with Crippen LogP contribution in [0.1, 0.15) is 36.7 Å². The predicted octanol–water partition coefficient (Wildman–Crippen LogP) is 4.01. The van der Waals surface area contributed by atoms with Crippen molar-refractivity contribution in [3.63, 3.8) is 0 Å². The van der Waals surface area contributed by atoms with Gasteiger partial charge in [0, 0.05) is 0 Å². The first-order valence-electron chi connectivity index (χ1n) is 5.43. The van der Waals surface area contributed by atoms with Crippen molar-refractivity contribution in [2.24, 2.45) is 0 Å². The molecule has 0 saturated carbocycles. The average molecular weight is 253 g/mol. The van der Waals surface area contributed by atoms with Crippen LogP contribution in [0.4, 0.5) is 0 Å². The zero-order chi connectivity index (χ0) is 13.1. The van der Waals surface area contributed by atoms with Gasteiger partial charge in [0.15, 0.2) is 6.29 Å². The fraction of sp³-hybridized carbons (Fsp3) is 0.357. The highest BCUT2D eigenvalue weighted by Gasteiger charge is 2.18. The minimum absolute atomic E-state index is 0.0572. The van der Waals surface area contributed by atoms with Gasteiger partial charge < -0.3 is 4.74 Å². The van der Waals surface area contributed by atoms with Gasteiger partial charge in [-0.2, -0.15) is 0 Å². The third-order valence-electron chi connectivity index (χ3n) is 2.41. The fourth-order valence-electron chi connectivity index (χ4n) is 1.43. The molecular formula is C14H17ClO2. The van der Waals surface area contributed by atoms with Crippen molar-refractivity contribution in [2.45, 2.75) is 26.2 Å². The summed E-state index contributed by atoms with van der Waals surface area (Å²) in [6.45, 7) is 10.1. The minimum Gasteiger partial charge on any atom is -0.487 e. The molecule has 0 amide bonds. The Bertz CT molecular complexity index is 431. The normalized spacial score (nSPS) is 11.1. The molecule has 0 spiro atoms. The molecule has 0 unspecified atom stereocenters. The van der Waals surface area contributed by atoms with Crippen LogP contribution in [0.5, 0.6) is 5.75 Å². The van der Waals surface area contributed by atoms with Gasteiger partial charge in [-0.05, 0) is 23.1 Å². The van der Waals surface area contributed by atoms with E-state index in [4.69, 9.17) is 16.3 Å². The second-order valence-corrected chi connectivity index (χ2v) is 5.25. The molecule has 17 heavy (non-hydrogen) atoms. The molecule has 1 aromatic rings. The van der Waals surface area contributed by atoms with E-state index >= 15 is 0 Å². The zero-order valence-corrected chi connectivity index (χ0v) is 11.2. The first-order chi connectivity index (χ1) is 7.90. The largest absolute Gasteiger partial charge is 0.487 e. The van der Waals surface area contributed by atoms with E-state index in [0.29, 0.717) is 22.9 Å². The van der Waals surface area contributed by atoms with Crippen LogP contribution in [0.2, 0.25) is 5.02 Å². The number of hydrogen-bond donors (Lipinski definition) is 0. The molecule has 0 heterocycles. The van der Waals surface area contributed by atoms with E-state index in [1.54, 1.807) is 6.08 Å². The summed E-state index contributed by atoms with van der Waals surface area (Å²) in [6.07, 6.45) is 2.38. The van der Waals surface area contributed by atoms with Crippen LogP contribution in [0, 0.1) is 0 Å². The number of aldehydes is 1. The molecule has 0 aliphatic carbocycles. The Morgan fingerprint density at radius 2 is 2.06 bits per heavy atom. The van der Waals surface area contributed by atoms with Crippen molar-refractivity contribution >= 4 is 17.9 Å². The van der Waals surface area contributed by atoms with Crippen molar-refractivity contribution in [1.82, 2.24) is 0 Å². The van der Waals surface area contributed by atoms with Crippen molar-refractivity contribution < 1.29 is 9.53 Å². The van der Waals surface area contributed by atoms with Crippen molar-refractivity contribution in [1.29, 1.82) is 0 Å². The number of carbonyl (C=O) groups is 1. The van der Waals surface area contributed by atoms with Gasteiger partial charge in [-0.15, -0.1) is 0 Å². The summed E-state index contributed by atoms with van der Waals surface area (Å²) in [5.74, 6) is 0.426. The summed E-state index contributed by atoms with van der Waals surface area (Å²) in [7, 11) is 0. The van der Waals surface area contributed by atoms with Crippen molar-refractivity contribution in [3.8, 4) is 5.75 Å². The zero-order valence-electron chi connectivity index (χ0n) is 10.4. The monoisotopic (exact) mass is 252 g/mol. The third kappa shape index (κ3) is 3.34. The van der Waals surface area contributed by atoms with Gasteiger partial charge in [-0.25, -0.2) is 0 Å². The van der Waals surface area contributed by atoms with Gasteiger partial charge in [0.25, 0.3) is 0 Å². The molecule has 0 atom stereocenters. The van der Waals surface area contributed by atoms with Crippen LogP contribution in [-0.2, 0) is 5.41 Å². The maximum Gasteiger partial charge on any atom is 0.153 e. The molecule has 0 aliphatic heterocycles. The lowest BCUT2D eigenvalue weighted by Gasteiger charge is -2.21. The second-order valence-electron chi connectivity index (χ2n) is 4.84. The van der Waals surface area contributed by atoms with Gasteiger partial charge in [0.1, 0.15) is 12.4 Å². The first-order valence-corrected chi connectivity index (χ1v) is 5.81.